The fraction of sp³-hybridized carbons (Fsp3) is 0.350. The topological polar surface area (TPSA) is 97.8 Å². The molecule has 1 aliphatic rings. The zero-order valence-corrected chi connectivity index (χ0v) is 15.7. The number of oxazole rings is 1. The molecule has 1 N–H and O–H groups in total. The van der Waals surface area contributed by atoms with Gasteiger partial charge in [0.05, 0.1) is 13.2 Å². The number of furan rings is 1. The van der Waals surface area contributed by atoms with Crippen LogP contribution in [0.15, 0.2) is 39.2 Å². The van der Waals surface area contributed by atoms with E-state index in [0.717, 1.165) is 5.76 Å². The second-order valence-corrected chi connectivity index (χ2v) is 6.66. The summed E-state index contributed by atoms with van der Waals surface area (Å²) in [4.78, 5) is 30.9. The van der Waals surface area contributed by atoms with Crippen molar-refractivity contribution in [3.05, 3.63) is 47.7 Å². The number of anilines is 1. The van der Waals surface area contributed by atoms with Crippen LogP contribution in [0, 0.1) is 6.92 Å². The summed E-state index contributed by atoms with van der Waals surface area (Å²) in [5.74, 6) is 0.746. The molecule has 146 valence electrons. The minimum atomic E-state index is -0.699. The molecule has 4 rings (SSSR count). The number of nitrogens with one attached hydrogen (secondary N) is 1. The average Bonchev–Trinajstić information content (AvgIpc) is 3.33. The van der Waals surface area contributed by atoms with Crippen LogP contribution in [0.5, 0.6) is 0 Å². The molecule has 1 saturated heterocycles. The molecule has 1 atom stereocenters. The van der Waals surface area contributed by atoms with E-state index in [4.69, 9.17) is 13.6 Å². The zero-order valence-electron chi connectivity index (χ0n) is 15.7. The Labute approximate surface area is 161 Å². The number of fused-ring (bicyclic) bond motifs is 1. The van der Waals surface area contributed by atoms with Gasteiger partial charge in [-0.3, -0.25) is 9.59 Å². The molecule has 8 nitrogen and oxygen atoms in total. The molecular weight excluding hydrogens is 362 g/mol. The number of carbonyl (C=O) groups is 2. The van der Waals surface area contributed by atoms with Crippen molar-refractivity contribution in [2.45, 2.75) is 26.4 Å². The molecule has 0 spiro atoms. The van der Waals surface area contributed by atoms with E-state index in [1.165, 1.54) is 4.90 Å². The fourth-order valence-electron chi connectivity index (χ4n) is 3.16. The van der Waals surface area contributed by atoms with Crippen LogP contribution in [0.3, 0.4) is 0 Å². The number of aryl methyl sites for hydroxylation is 2. The predicted molar refractivity (Wildman–Crippen MR) is 101 cm³/mol. The van der Waals surface area contributed by atoms with Crippen molar-refractivity contribution in [2.24, 2.45) is 0 Å². The number of hydrogen-bond donors (Lipinski definition) is 1. The Balaban J connectivity index is 1.43. The van der Waals surface area contributed by atoms with E-state index >= 15 is 0 Å². The van der Waals surface area contributed by atoms with Crippen molar-refractivity contribution in [1.82, 2.24) is 9.88 Å². The van der Waals surface area contributed by atoms with Crippen LogP contribution in [-0.2, 0) is 20.7 Å². The monoisotopic (exact) mass is 383 g/mol. The Hall–Kier alpha value is -3.13. The zero-order chi connectivity index (χ0) is 19.7. The lowest BCUT2D eigenvalue weighted by Crippen LogP contribution is -2.46. The van der Waals surface area contributed by atoms with E-state index in [1.807, 2.05) is 26.0 Å². The van der Waals surface area contributed by atoms with E-state index < -0.39 is 11.8 Å². The molecule has 0 unspecified atom stereocenters. The largest absolute Gasteiger partial charge is 0.464 e. The number of hydrogen-bond acceptors (Lipinski definition) is 6. The molecule has 3 heterocycles. The SMILES string of the molecule is CCc1nc2cc(NC(=O)C(=O)N3CCO[C@H](c4ccc(C)o4)C3)ccc2o1. The average molecular weight is 383 g/mol. The fourth-order valence-corrected chi connectivity index (χ4v) is 3.16. The minimum Gasteiger partial charge on any atom is -0.464 e. The number of carbonyl (C=O) groups excluding carboxylic acids is 2. The first kappa shape index (κ1) is 18.2. The predicted octanol–water partition coefficient (Wildman–Crippen LogP) is 2.83. The van der Waals surface area contributed by atoms with E-state index in [0.29, 0.717) is 48.0 Å². The Morgan fingerprint density at radius 1 is 1.25 bits per heavy atom. The maximum absolute atomic E-state index is 12.6. The van der Waals surface area contributed by atoms with Crippen molar-refractivity contribution in [3.8, 4) is 0 Å². The van der Waals surface area contributed by atoms with Crippen molar-refractivity contribution < 1.29 is 23.2 Å². The molecule has 8 heteroatoms. The van der Waals surface area contributed by atoms with Gasteiger partial charge in [-0.2, -0.15) is 0 Å². The van der Waals surface area contributed by atoms with Gasteiger partial charge >= 0.3 is 11.8 Å². The van der Waals surface area contributed by atoms with Gasteiger partial charge in [-0.05, 0) is 37.3 Å². The van der Waals surface area contributed by atoms with Crippen LogP contribution in [0.25, 0.3) is 11.1 Å². The quantitative estimate of drug-likeness (QED) is 0.699. The third-order valence-electron chi connectivity index (χ3n) is 4.62. The second kappa shape index (κ2) is 7.47. The Morgan fingerprint density at radius 3 is 2.86 bits per heavy atom. The number of morpholine rings is 1. The molecular formula is C20H21N3O5. The summed E-state index contributed by atoms with van der Waals surface area (Å²) in [6, 6.07) is 8.77. The van der Waals surface area contributed by atoms with Crippen LogP contribution in [0.1, 0.15) is 30.4 Å². The van der Waals surface area contributed by atoms with Crippen LogP contribution in [0.4, 0.5) is 5.69 Å². The number of amides is 2. The summed E-state index contributed by atoms with van der Waals surface area (Å²) in [6.07, 6.45) is 0.306. The smallest absolute Gasteiger partial charge is 0.313 e. The minimum absolute atomic E-state index is 0.265. The molecule has 0 saturated carbocycles. The van der Waals surface area contributed by atoms with Gasteiger partial charge in [-0.1, -0.05) is 6.92 Å². The van der Waals surface area contributed by atoms with Gasteiger partial charge in [0.25, 0.3) is 0 Å². The first-order valence-electron chi connectivity index (χ1n) is 9.21. The third kappa shape index (κ3) is 3.63. The van der Waals surface area contributed by atoms with Crippen molar-refractivity contribution in [1.29, 1.82) is 0 Å². The molecule has 1 fully saturated rings. The van der Waals surface area contributed by atoms with E-state index in [2.05, 4.69) is 10.3 Å². The molecule has 1 aromatic carbocycles. The molecule has 2 amide bonds. The van der Waals surface area contributed by atoms with Crippen LogP contribution >= 0.6 is 0 Å². The number of benzene rings is 1. The van der Waals surface area contributed by atoms with Crippen LogP contribution in [0.2, 0.25) is 0 Å². The Bertz CT molecular complexity index is 1020. The van der Waals surface area contributed by atoms with Crippen molar-refractivity contribution >= 4 is 28.6 Å². The molecule has 28 heavy (non-hydrogen) atoms. The van der Waals surface area contributed by atoms with E-state index in [1.54, 1.807) is 18.2 Å². The second-order valence-electron chi connectivity index (χ2n) is 6.66. The Morgan fingerprint density at radius 2 is 2.11 bits per heavy atom. The van der Waals surface area contributed by atoms with Gasteiger partial charge in [0, 0.05) is 18.7 Å². The van der Waals surface area contributed by atoms with Crippen molar-refractivity contribution in [2.75, 3.05) is 25.0 Å². The molecule has 1 aliphatic heterocycles. The van der Waals surface area contributed by atoms with Crippen LogP contribution in [-0.4, -0.2) is 41.4 Å². The summed E-state index contributed by atoms with van der Waals surface area (Å²) in [7, 11) is 0. The first-order chi connectivity index (χ1) is 13.5. The third-order valence-corrected chi connectivity index (χ3v) is 4.62. The van der Waals surface area contributed by atoms with Gasteiger partial charge in [0.2, 0.25) is 0 Å². The van der Waals surface area contributed by atoms with Crippen LogP contribution < -0.4 is 5.32 Å². The lowest BCUT2D eigenvalue weighted by molar-refractivity contribution is -0.148. The van der Waals surface area contributed by atoms with Gasteiger partial charge in [0.15, 0.2) is 11.5 Å². The number of nitrogens with zero attached hydrogens (tertiary/aromatic N) is 2. The number of ether oxygens (including phenoxy) is 1. The van der Waals surface area contributed by atoms with E-state index in [9.17, 15) is 9.59 Å². The molecule has 2 aromatic heterocycles. The molecule has 0 bridgehead atoms. The first-order valence-corrected chi connectivity index (χ1v) is 9.21. The maximum Gasteiger partial charge on any atom is 0.313 e. The highest BCUT2D eigenvalue weighted by Gasteiger charge is 2.30. The highest BCUT2D eigenvalue weighted by molar-refractivity contribution is 6.39. The normalized spacial score (nSPS) is 17.1. The highest BCUT2D eigenvalue weighted by Crippen LogP contribution is 2.24. The van der Waals surface area contributed by atoms with Gasteiger partial charge < -0.3 is 23.8 Å². The van der Waals surface area contributed by atoms with Gasteiger partial charge in [-0.15, -0.1) is 0 Å². The summed E-state index contributed by atoms with van der Waals surface area (Å²) in [6.45, 7) is 4.75. The maximum atomic E-state index is 12.6. The van der Waals surface area contributed by atoms with Gasteiger partial charge in [-0.25, -0.2) is 4.98 Å². The number of aromatic nitrogens is 1. The number of rotatable bonds is 3. The summed E-state index contributed by atoms with van der Waals surface area (Å²) >= 11 is 0. The summed E-state index contributed by atoms with van der Waals surface area (Å²) < 4.78 is 16.8. The standard InChI is InChI=1S/C20H21N3O5/c1-3-18-22-14-10-13(5-7-15(14)28-18)21-19(24)20(25)23-8-9-26-17(11-23)16-6-4-12(2)27-16/h4-7,10,17H,3,8-9,11H2,1-2H3,(H,21,24)/t17-/m0/s1. The Kier molecular flexibility index (Phi) is 4.87. The lowest BCUT2D eigenvalue weighted by Gasteiger charge is -2.31. The highest BCUT2D eigenvalue weighted by atomic mass is 16.5. The van der Waals surface area contributed by atoms with Crippen molar-refractivity contribution in [3.63, 3.8) is 0 Å². The van der Waals surface area contributed by atoms with Gasteiger partial charge in [0.1, 0.15) is 23.1 Å². The molecule has 3 aromatic rings. The molecule has 0 radical (unpaired) electrons. The summed E-state index contributed by atoms with van der Waals surface area (Å²) in [5.41, 5.74) is 1.78. The summed E-state index contributed by atoms with van der Waals surface area (Å²) in [5, 5.41) is 2.64. The lowest BCUT2D eigenvalue weighted by atomic mass is 10.2. The van der Waals surface area contributed by atoms with E-state index in [-0.39, 0.29) is 12.6 Å². The molecule has 0 aliphatic carbocycles.